The minimum Gasteiger partial charge on any atom is -0.399 e. The second-order valence-corrected chi connectivity index (χ2v) is 5.55. The molecule has 1 heterocycles. The van der Waals surface area contributed by atoms with E-state index in [1.54, 1.807) is 13.1 Å². The first kappa shape index (κ1) is 13.5. The third kappa shape index (κ3) is 3.08. The highest BCUT2D eigenvalue weighted by Gasteiger charge is 2.14. The molecule has 0 spiro atoms. The van der Waals surface area contributed by atoms with Crippen LogP contribution in [0.25, 0.3) is 0 Å². The Morgan fingerprint density at radius 1 is 1.47 bits per heavy atom. The van der Waals surface area contributed by atoms with Gasteiger partial charge in [0.15, 0.2) is 0 Å². The second-order valence-electron chi connectivity index (χ2n) is 4.23. The van der Waals surface area contributed by atoms with E-state index in [4.69, 9.17) is 5.73 Å². The summed E-state index contributed by atoms with van der Waals surface area (Å²) in [5, 5.41) is 3.59. The van der Waals surface area contributed by atoms with Crippen LogP contribution in [0.4, 0.5) is 10.1 Å². The van der Waals surface area contributed by atoms with Crippen LogP contribution in [0.1, 0.15) is 25.8 Å². The SMILES string of the molecule is Cc1ncc(CNC(=O)c2cc(N)cc(C)c2F)s1. The van der Waals surface area contributed by atoms with Gasteiger partial charge >= 0.3 is 0 Å². The number of benzene rings is 1. The fourth-order valence-electron chi connectivity index (χ4n) is 1.71. The van der Waals surface area contributed by atoms with Crippen molar-refractivity contribution in [1.29, 1.82) is 0 Å². The molecule has 6 heteroatoms. The van der Waals surface area contributed by atoms with Crippen LogP contribution in [0, 0.1) is 19.7 Å². The molecule has 4 nitrogen and oxygen atoms in total. The predicted molar refractivity (Wildman–Crippen MR) is 73.6 cm³/mol. The molecule has 0 saturated carbocycles. The van der Waals surface area contributed by atoms with Crippen LogP contribution in [0.3, 0.4) is 0 Å². The summed E-state index contributed by atoms with van der Waals surface area (Å²) >= 11 is 1.49. The number of hydrogen-bond acceptors (Lipinski definition) is 4. The maximum atomic E-state index is 13.8. The highest BCUT2D eigenvalue weighted by molar-refractivity contribution is 7.11. The van der Waals surface area contributed by atoms with Gasteiger partial charge in [0, 0.05) is 16.8 Å². The van der Waals surface area contributed by atoms with Crippen LogP contribution in [0.5, 0.6) is 0 Å². The van der Waals surface area contributed by atoms with E-state index < -0.39 is 11.7 Å². The van der Waals surface area contributed by atoms with Crippen LogP contribution >= 0.6 is 11.3 Å². The normalized spacial score (nSPS) is 10.5. The van der Waals surface area contributed by atoms with Gasteiger partial charge in [0.05, 0.1) is 17.1 Å². The molecule has 2 rings (SSSR count). The topological polar surface area (TPSA) is 68.0 Å². The zero-order chi connectivity index (χ0) is 14.0. The summed E-state index contributed by atoms with van der Waals surface area (Å²) in [4.78, 5) is 16.9. The largest absolute Gasteiger partial charge is 0.399 e. The number of carbonyl (C=O) groups is 1. The number of aromatic nitrogens is 1. The van der Waals surface area contributed by atoms with Gasteiger partial charge in [0.1, 0.15) is 5.82 Å². The summed E-state index contributed by atoms with van der Waals surface area (Å²) in [5.74, 6) is -1.01. The monoisotopic (exact) mass is 279 g/mol. The summed E-state index contributed by atoms with van der Waals surface area (Å²) < 4.78 is 13.8. The van der Waals surface area contributed by atoms with E-state index in [-0.39, 0.29) is 5.56 Å². The number of thiazole rings is 1. The van der Waals surface area contributed by atoms with Crippen molar-refractivity contribution in [1.82, 2.24) is 10.3 Å². The van der Waals surface area contributed by atoms with E-state index in [0.29, 0.717) is 17.8 Å². The Hall–Kier alpha value is -1.95. The maximum absolute atomic E-state index is 13.8. The minimum atomic E-state index is -0.535. The number of nitrogens with zero attached hydrogens (tertiary/aromatic N) is 1. The van der Waals surface area contributed by atoms with Gasteiger partial charge < -0.3 is 11.1 Å². The zero-order valence-corrected chi connectivity index (χ0v) is 11.5. The molecule has 100 valence electrons. The number of carbonyl (C=O) groups excluding carboxylic acids is 1. The number of anilines is 1. The molecular weight excluding hydrogens is 265 g/mol. The molecule has 2 aromatic rings. The molecule has 0 aliphatic heterocycles. The molecule has 0 saturated heterocycles. The number of aryl methyl sites for hydroxylation is 2. The fraction of sp³-hybridized carbons (Fsp3) is 0.231. The lowest BCUT2D eigenvalue weighted by molar-refractivity contribution is 0.0947. The molecule has 1 aromatic heterocycles. The Morgan fingerprint density at radius 2 is 2.21 bits per heavy atom. The van der Waals surface area contributed by atoms with E-state index >= 15 is 0 Å². The first-order valence-corrected chi connectivity index (χ1v) is 6.54. The molecule has 3 N–H and O–H groups in total. The lowest BCUT2D eigenvalue weighted by Gasteiger charge is -2.07. The lowest BCUT2D eigenvalue weighted by Crippen LogP contribution is -2.24. The van der Waals surface area contributed by atoms with Gasteiger partial charge in [-0.2, -0.15) is 0 Å². The average molecular weight is 279 g/mol. The van der Waals surface area contributed by atoms with Gasteiger partial charge in [-0.25, -0.2) is 9.37 Å². The number of nitrogen functional groups attached to an aromatic ring is 1. The maximum Gasteiger partial charge on any atom is 0.254 e. The highest BCUT2D eigenvalue weighted by Crippen LogP contribution is 2.17. The Morgan fingerprint density at radius 3 is 2.84 bits per heavy atom. The fourth-order valence-corrected chi connectivity index (χ4v) is 2.45. The molecule has 19 heavy (non-hydrogen) atoms. The number of rotatable bonds is 3. The zero-order valence-electron chi connectivity index (χ0n) is 10.7. The van der Waals surface area contributed by atoms with Crippen molar-refractivity contribution >= 4 is 22.9 Å². The van der Waals surface area contributed by atoms with E-state index in [9.17, 15) is 9.18 Å². The van der Waals surface area contributed by atoms with Crippen LogP contribution in [0.15, 0.2) is 18.3 Å². The number of hydrogen-bond donors (Lipinski definition) is 2. The summed E-state index contributed by atoms with van der Waals surface area (Å²) in [6.07, 6.45) is 1.70. The first-order chi connectivity index (χ1) is 8.97. The molecule has 0 aliphatic rings. The molecule has 0 bridgehead atoms. The summed E-state index contributed by atoms with van der Waals surface area (Å²) in [6, 6.07) is 2.84. The minimum absolute atomic E-state index is 0.0289. The van der Waals surface area contributed by atoms with Crippen LogP contribution in [-0.4, -0.2) is 10.9 Å². The van der Waals surface area contributed by atoms with Gasteiger partial charge in [-0.15, -0.1) is 11.3 Å². The third-order valence-corrected chi connectivity index (χ3v) is 3.53. The number of nitrogens with one attached hydrogen (secondary N) is 1. The molecule has 0 atom stereocenters. The molecule has 0 aliphatic carbocycles. The number of amides is 1. The van der Waals surface area contributed by atoms with E-state index in [2.05, 4.69) is 10.3 Å². The predicted octanol–water partition coefficient (Wildman–Crippen LogP) is 2.41. The van der Waals surface area contributed by atoms with Gasteiger partial charge in [0.2, 0.25) is 0 Å². The summed E-state index contributed by atoms with van der Waals surface area (Å²) in [5.41, 5.74) is 6.33. The summed E-state index contributed by atoms with van der Waals surface area (Å²) in [7, 11) is 0. The van der Waals surface area contributed by atoms with Crippen LogP contribution in [0.2, 0.25) is 0 Å². The van der Waals surface area contributed by atoms with Gasteiger partial charge in [-0.05, 0) is 31.5 Å². The molecular formula is C13H14FN3OS. The van der Waals surface area contributed by atoms with Crippen molar-refractivity contribution in [2.75, 3.05) is 5.73 Å². The van der Waals surface area contributed by atoms with Crippen LogP contribution in [-0.2, 0) is 6.54 Å². The molecule has 0 fully saturated rings. The van der Waals surface area contributed by atoms with E-state index in [0.717, 1.165) is 9.88 Å². The second kappa shape index (κ2) is 5.36. The molecule has 0 unspecified atom stereocenters. The Labute approximate surface area is 114 Å². The van der Waals surface area contributed by atoms with Crippen molar-refractivity contribution in [3.05, 3.63) is 45.2 Å². The van der Waals surface area contributed by atoms with Crippen molar-refractivity contribution in [3.63, 3.8) is 0 Å². The smallest absolute Gasteiger partial charge is 0.254 e. The number of halogens is 1. The van der Waals surface area contributed by atoms with Gasteiger partial charge in [-0.1, -0.05) is 0 Å². The molecule has 0 radical (unpaired) electrons. The summed E-state index contributed by atoms with van der Waals surface area (Å²) in [6.45, 7) is 3.80. The van der Waals surface area contributed by atoms with Crippen LogP contribution < -0.4 is 11.1 Å². The van der Waals surface area contributed by atoms with Crippen molar-refractivity contribution in [3.8, 4) is 0 Å². The number of nitrogens with two attached hydrogens (primary N) is 1. The molecule has 1 amide bonds. The van der Waals surface area contributed by atoms with Gasteiger partial charge in [0.25, 0.3) is 5.91 Å². The highest BCUT2D eigenvalue weighted by atomic mass is 32.1. The quantitative estimate of drug-likeness (QED) is 0.848. The molecule has 1 aromatic carbocycles. The van der Waals surface area contributed by atoms with Crippen molar-refractivity contribution in [2.45, 2.75) is 20.4 Å². The van der Waals surface area contributed by atoms with Crippen molar-refractivity contribution in [2.24, 2.45) is 0 Å². The van der Waals surface area contributed by atoms with E-state index in [1.165, 1.54) is 23.5 Å². The third-order valence-electron chi connectivity index (χ3n) is 2.61. The standard InChI is InChI=1S/C13H14FN3OS/c1-7-3-9(15)4-11(12(7)14)13(18)17-6-10-5-16-8(2)19-10/h3-5H,6,15H2,1-2H3,(H,17,18). The average Bonchev–Trinajstić information content (AvgIpc) is 2.76. The Bertz CT molecular complexity index is 624. The van der Waals surface area contributed by atoms with E-state index in [1.807, 2.05) is 6.92 Å². The Kier molecular flexibility index (Phi) is 3.80. The Balaban J connectivity index is 2.12. The lowest BCUT2D eigenvalue weighted by atomic mass is 10.1. The van der Waals surface area contributed by atoms with Gasteiger partial charge in [-0.3, -0.25) is 4.79 Å². The first-order valence-electron chi connectivity index (χ1n) is 5.72. The van der Waals surface area contributed by atoms with Crippen molar-refractivity contribution < 1.29 is 9.18 Å².